The van der Waals surface area contributed by atoms with Crippen LogP contribution in [0.15, 0.2) is 12.1 Å². The number of aromatic carboxylic acids is 1. The summed E-state index contributed by atoms with van der Waals surface area (Å²) in [4.78, 5) is 20.4. The number of aromatic nitrogens is 1. The predicted octanol–water partition coefficient (Wildman–Crippen LogP) is -1.39. The summed E-state index contributed by atoms with van der Waals surface area (Å²) >= 11 is 0. The van der Waals surface area contributed by atoms with Gasteiger partial charge in [-0.25, -0.2) is 9.78 Å². The van der Waals surface area contributed by atoms with Gasteiger partial charge in [0, 0.05) is 32.2 Å². The van der Waals surface area contributed by atoms with Crippen molar-refractivity contribution in [3.63, 3.8) is 0 Å². The van der Waals surface area contributed by atoms with E-state index in [1.807, 2.05) is 0 Å². The van der Waals surface area contributed by atoms with E-state index in [1.54, 1.807) is 12.1 Å². The van der Waals surface area contributed by atoms with Crippen molar-refractivity contribution in [2.75, 3.05) is 43.4 Å². The van der Waals surface area contributed by atoms with Crippen molar-refractivity contribution in [3.8, 4) is 0 Å². The van der Waals surface area contributed by atoms with E-state index >= 15 is 0 Å². The minimum absolute atomic E-state index is 0. The zero-order valence-electron chi connectivity index (χ0n) is 14.4. The molecule has 2 fully saturated rings. The van der Waals surface area contributed by atoms with Crippen LogP contribution < -0.4 is 29.1 Å². The number of pyridine rings is 1. The van der Waals surface area contributed by atoms with E-state index in [4.69, 9.17) is 0 Å². The first-order valence-corrected chi connectivity index (χ1v) is 7.57. The summed E-state index contributed by atoms with van der Waals surface area (Å²) in [5.74, 6) is 0.558. The zero-order chi connectivity index (χ0) is 14.8. The van der Waals surface area contributed by atoms with E-state index in [1.165, 1.54) is 6.42 Å². The molecule has 0 bridgehead atoms. The molecule has 1 saturated heterocycles. The van der Waals surface area contributed by atoms with Crippen LogP contribution in [0.5, 0.6) is 0 Å². The Kier molecular flexibility index (Phi) is 5.73. The van der Waals surface area contributed by atoms with E-state index in [-0.39, 0.29) is 20.3 Å². The molecule has 3 rings (SSSR count). The second-order valence-electron chi connectivity index (χ2n) is 5.97. The Hall–Kier alpha value is -1.22. The van der Waals surface area contributed by atoms with Gasteiger partial charge in [-0.15, -0.1) is 0 Å². The minimum atomic E-state index is -0.899. The van der Waals surface area contributed by atoms with Crippen LogP contribution in [-0.4, -0.2) is 60.2 Å². The number of nitrogens with zero attached hydrogens (tertiary/aromatic N) is 3. The van der Waals surface area contributed by atoms with E-state index in [0.29, 0.717) is 17.4 Å². The van der Waals surface area contributed by atoms with Crippen molar-refractivity contribution in [2.45, 2.75) is 25.3 Å². The van der Waals surface area contributed by atoms with E-state index < -0.39 is 5.97 Å². The number of carboxylic acids is 1. The van der Waals surface area contributed by atoms with Gasteiger partial charge in [-0.3, -0.25) is 0 Å². The Morgan fingerprint density at radius 3 is 2.55 bits per heavy atom. The molecule has 0 amide bonds. The monoisotopic (exact) mass is 298 g/mol. The maximum Gasteiger partial charge on any atom is 1.00 e. The number of anilines is 2. The molecule has 1 aliphatic heterocycles. The number of hydrogen-bond acceptors (Lipinski definition) is 5. The number of nitrogens with one attached hydrogen (secondary N) is 1. The van der Waals surface area contributed by atoms with Gasteiger partial charge >= 0.3 is 24.8 Å². The molecule has 22 heavy (non-hydrogen) atoms. The fourth-order valence-electron chi connectivity index (χ4n) is 2.67. The zero-order valence-corrected chi connectivity index (χ0v) is 13.4. The van der Waals surface area contributed by atoms with Gasteiger partial charge in [0.2, 0.25) is 0 Å². The maximum absolute atomic E-state index is 11.3. The standard InChI is InChI=1S/C15H22N4O2.Li.H/c1-18-5-7-19(8-6-18)14-10-11(15(20)21)9-13(17-14)16-12-3-2-4-12;;/h9-10,12H,2-8H2,1H3,(H,16,17)(H,20,21);;/q;+1;-1. The Morgan fingerprint density at radius 2 is 2.00 bits per heavy atom. The summed E-state index contributed by atoms with van der Waals surface area (Å²) in [5, 5.41) is 12.6. The van der Waals surface area contributed by atoms with Gasteiger partial charge in [-0.2, -0.15) is 0 Å². The number of carboxylic acid groups (broad SMARTS) is 1. The molecule has 0 radical (unpaired) electrons. The Labute approximate surface area is 144 Å². The van der Waals surface area contributed by atoms with Crippen molar-refractivity contribution >= 4 is 17.6 Å². The van der Waals surface area contributed by atoms with Crippen LogP contribution in [0.4, 0.5) is 11.6 Å². The van der Waals surface area contributed by atoms with E-state index in [9.17, 15) is 9.90 Å². The largest absolute Gasteiger partial charge is 1.00 e. The van der Waals surface area contributed by atoms with E-state index in [0.717, 1.165) is 44.8 Å². The second-order valence-corrected chi connectivity index (χ2v) is 5.97. The summed E-state index contributed by atoms with van der Waals surface area (Å²) in [7, 11) is 2.10. The fourth-order valence-corrected chi connectivity index (χ4v) is 2.67. The van der Waals surface area contributed by atoms with Crippen molar-refractivity contribution in [2.24, 2.45) is 0 Å². The topological polar surface area (TPSA) is 68.7 Å². The molecule has 7 heteroatoms. The van der Waals surface area contributed by atoms with Crippen LogP contribution in [0, 0.1) is 0 Å². The quantitative estimate of drug-likeness (QED) is 0.667. The Morgan fingerprint density at radius 1 is 1.32 bits per heavy atom. The predicted molar refractivity (Wildman–Crippen MR) is 83.3 cm³/mol. The van der Waals surface area contributed by atoms with Gasteiger partial charge < -0.3 is 21.6 Å². The molecule has 6 nitrogen and oxygen atoms in total. The summed E-state index contributed by atoms with van der Waals surface area (Å²) < 4.78 is 0. The number of hydrogen-bond donors (Lipinski definition) is 2. The summed E-state index contributed by atoms with van der Waals surface area (Å²) in [6.45, 7) is 3.72. The number of rotatable bonds is 4. The molecular formula is C15H23LiN4O2. The van der Waals surface area contributed by atoms with Gasteiger partial charge in [0.05, 0.1) is 5.56 Å². The molecule has 0 unspecified atom stereocenters. The average Bonchev–Trinajstić information content (AvgIpc) is 2.43. The van der Waals surface area contributed by atoms with Crippen LogP contribution in [0.3, 0.4) is 0 Å². The fraction of sp³-hybridized carbons (Fsp3) is 0.600. The van der Waals surface area contributed by atoms with Gasteiger partial charge in [0.1, 0.15) is 11.6 Å². The second kappa shape index (κ2) is 7.36. The van der Waals surface area contributed by atoms with E-state index in [2.05, 4.69) is 27.1 Å². The molecule has 1 aromatic rings. The van der Waals surface area contributed by atoms with Gasteiger partial charge in [0.25, 0.3) is 0 Å². The smallest absolute Gasteiger partial charge is 1.00 e. The van der Waals surface area contributed by atoms with Crippen molar-refractivity contribution in [1.82, 2.24) is 9.88 Å². The molecule has 2 aliphatic rings. The van der Waals surface area contributed by atoms with Gasteiger partial charge in [-0.1, -0.05) is 0 Å². The Balaban J connectivity index is 0.00000132. The first-order valence-electron chi connectivity index (χ1n) is 7.57. The molecule has 1 saturated carbocycles. The molecule has 1 aromatic heterocycles. The number of piperazine rings is 1. The van der Waals surface area contributed by atoms with Crippen LogP contribution in [0.1, 0.15) is 31.0 Å². The third-order valence-electron chi connectivity index (χ3n) is 4.34. The molecule has 116 valence electrons. The van der Waals surface area contributed by atoms with Gasteiger partial charge in [0.15, 0.2) is 0 Å². The van der Waals surface area contributed by atoms with Crippen molar-refractivity contribution in [1.29, 1.82) is 0 Å². The summed E-state index contributed by atoms with van der Waals surface area (Å²) in [5.41, 5.74) is 0.306. The normalized spacial score (nSPS) is 19.2. The van der Waals surface area contributed by atoms with Crippen LogP contribution in [0.2, 0.25) is 0 Å². The van der Waals surface area contributed by atoms with Crippen LogP contribution in [-0.2, 0) is 0 Å². The minimum Gasteiger partial charge on any atom is -1.00 e. The molecule has 2 N–H and O–H groups in total. The molecule has 2 heterocycles. The van der Waals surface area contributed by atoms with Crippen molar-refractivity contribution < 1.29 is 30.2 Å². The van der Waals surface area contributed by atoms with Crippen LogP contribution in [0.25, 0.3) is 0 Å². The molecule has 1 aliphatic carbocycles. The third kappa shape index (κ3) is 3.95. The molecule has 0 spiro atoms. The SMILES string of the molecule is CN1CCN(c2cc(C(=O)O)cc(NC3CCC3)n2)CC1.[H-].[Li+]. The van der Waals surface area contributed by atoms with Crippen LogP contribution >= 0.6 is 0 Å². The first kappa shape index (κ1) is 17.1. The molecular weight excluding hydrogens is 275 g/mol. The number of carbonyl (C=O) groups is 1. The third-order valence-corrected chi connectivity index (χ3v) is 4.34. The first-order chi connectivity index (χ1) is 10.1. The number of likely N-dealkylation sites (N-methyl/N-ethyl adjacent to an activating group) is 1. The maximum atomic E-state index is 11.3. The average molecular weight is 298 g/mol. The molecule has 0 aromatic carbocycles. The molecule has 0 atom stereocenters. The van der Waals surface area contributed by atoms with Crippen molar-refractivity contribution in [3.05, 3.63) is 17.7 Å². The Bertz CT molecular complexity index is 534. The van der Waals surface area contributed by atoms with Gasteiger partial charge in [-0.05, 0) is 38.4 Å². The summed E-state index contributed by atoms with van der Waals surface area (Å²) in [6, 6.07) is 3.77. The summed E-state index contributed by atoms with van der Waals surface area (Å²) in [6.07, 6.45) is 3.52.